The van der Waals surface area contributed by atoms with Crippen LogP contribution in [0.5, 0.6) is 17.2 Å². The molecule has 2 aliphatic rings. The number of carbonyl (C=O) groups excluding carboxylic acids is 1. The molecule has 166 valence electrons. The maximum absolute atomic E-state index is 13.2. The van der Waals surface area contributed by atoms with Crippen LogP contribution in [0.2, 0.25) is 0 Å². The van der Waals surface area contributed by atoms with E-state index in [1.54, 1.807) is 13.4 Å². The first-order valence-electron chi connectivity index (χ1n) is 10.6. The first-order valence-corrected chi connectivity index (χ1v) is 11.6. The van der Waals surface area contributed by atoms with Crippen LogP contribution in [-0.2, 0) is 4.79 Å². The molecule has 2 aliphatic heterocycles. The van der Waals surface area contributed by atoms with E-state index in [2.05, 4.69) is 10.2 Å². The number of ether oxygens (including phenoxy) is 3. The van der Waals surface area contributed by atoms with Gasteiger partial charge in [-0.15, -0.1) is 10.2 Å². The largest absolute Gasteiger partial charge is 0.495 e. The van der Waals surface area contributed by atoms with E-state index in [1.807, 2.05) is 51.9 Å². The van der Waals surface area contributed by atoms with E-state index in [1.165, 1.54) is 11.8 Å². The van der Waals surface area contributed by atoms with E-state index >= 15 is 0 Å². The lowest BCUT2D eigenvalue weighted by Gasteiger charge is -2.26. The Kier molecular flexibility index (Phi) is 5.89. The molecule has 0 saturated carbocycles. The Morgan fingerprint density at radius 1 is 1.19 bits per heavy atom. The Morgan fingerprint density at radius 2 is 2.03 bits per heavy atom. The second-order valence-corrected chi connectivity index (χ2v) is 8.53. The number of fused-ring (bicyclic) bond motifs is 1. The van der Waals surface area contributed by atoms with Crippen molar-refractivity contribution < 1.29 is 19.0 Å². The molecular weight excluding hydrogens is 428 g/mol. The molecule has 0 radical (unpaired) electrons. The number of benzene rings is 2. The van der Waals surface area contributed by atoms with Gasteiger partial charge < -0.3 is 19.1 Å². The minimum atomic E-state index is 0.0472. The van der Waals surface area contributed by atoms with E-state index in [-0.39, 0.29) is 17.7 Å². The van der Waals surface area contributed by atoms with Gasteiger partial charge in [0.1, 0.15) is 25.3 Å². The van der Waals surface area contributed by atoms with Crippen LogP contribution in [0.1, 0.15) is 24.4 Å². The fourth-order valence-corrected chi connectivity index (χ4v) is 5.01. The lowest BCUT2D eigenvalue weighted by molar-refractivity contribution is -0.129. The summed E-state index contributed by atoms with van der Waals surface area (Å²) in [4.78, 5) is 15.1. The number of rotatable bonds is 6. The summed E-state index contributed by atoms with van der Waals surface area (Å²) in [5, 5.41) is 8.90. The van der Waals surface area contributed by atoms with Crippen molar-refractivity contribution in [2.45, 2.75) is 24.0 Å². The molecule has 8 nitrogen and oxygen atoms in total. The lowest BCUT2D eigenvalue weighted by atomic mass is 10.0. The number of hydrogen-bond acceptors (Lipinski definition) is 7. The van der Waals surface area contributed by atoms with Gasteiger partial charge in [0.05, 0.1) is 24.6 Å². The summed E-state index contributed by atoms with van der Waals surface area (Å²) < 4.78 is 18.7. The number of methoxy groups -OCH3 is 1. The van der Waals surface area contributed by atoms with Crippen LogP contribution in [-0.4, -0.2) is 58.2 Å². The van der Waals surface area contributed by atoms with Crippen molar-refractivity contribution in [2.75, 3.05) is 32.6 Å². The van der Waals surface area contributed by atoms with Crippen LogP contribution in [0.25, 0.3) is 5.69 Å². The molecule has 0 spiro atoms. The average Bonchev–Trinajstić information content (AvgIpc) is 3.52. The van der Waals surface area contributed by atoms with Crippen molar-refractivity contribution in [1.82, 2.24) is 19.7 Å². The number of thioether (sulfide) groups is 1. The summed E-state index contributed by atoms with van der Waals surface area (Å²) >= 11 is 1.38. The number of aromatic nitrogens is 3. The maximum Gasteiger partial charge on any atom is 0.233 e. The zero-order valence-corrected chi connectivity index (χ0v) is 18.6. The van der Waals surface area contributed by atoms with Gasteiger partial charge in [-0.2, -0.15) is 0 Å². The normalized spacial score (nSPS) is 17.4. The van der Waals surface area contributed by atoms with Crippen molar-refractivity contribution in [3.05, 3.63) is 54.4 Å². The summed E-state index contributed by atoms with van der Waals surface area (Å²) in [6.07, 6.45) is 3.55. The molecule has 0 aliphatic carbocycles. The van der Waals surface area contributed by atoms with Crippen molar-refractivity contribution in [2.24, 2.45) is 0 Å². The second-order valence-electron chi connectivity index (χ2n) is 7.59. The summed E-state index contributed by atoms with van der Waals surface area (Å²) in [5.41, 5.74) is 1.92. The van der Waals surface area contributed by atoms with Crippen LogP contribution in [0.15, 0.2) is 53.9 Å². The first kappa shape index (κ1) is 20.7. The van der Waals surface area contributed by atoms with E-state index in [0.29, 0.717) is 18.4 Å². The first-order chi connectivity index (χ1) is 15.7. The van der Waals surface area contributed by atoms with Crippen LogP contribution in [0, 0.1) is 0 Å². The molecule has 1 atom stereocenters. The molecule has 9 heteroatoms. The molecular formula is C23H24N4O4S. The Morgan fingerprint density at radius 3 is 2.91 bits per heavy atom. The summed E-state index contributed by atoms with van der Waals surface area (Å²) in [6, 6.07) is 13.7. The Bertz CT molecular complexity index is 1120. The number of carbonyl (C=O) groups is 1. The molecule has 5 rings (SSSR count). The number of likely N-dealkylation sites (tertiary alicyclic amines) is 1. The highest BCUT2D eigenvalue weighted by Gasteiger charge is 2.31. The monoisotopic (exact) mass is 452 g/mol. The fraction of sp³-hybridized carbons (Fsp3) is 0.348. The number of amides is 1. The molecule has 0 bridgehead atoms. The van der Waals surface area contributed by atoms with Crippen molar-refractivity contribution in [1.29, 1.82) is 0 Å². The van der Waals surface area contributed by atoms with Gasteiger partial charge in [0.2, 0.25) is 5.91 Å². The van der Waals surface area contributed by atoms with Crippen molar-refractivity contribution in [3.8, 4) is 22.9 Å². The Balaban J connectivity index is 1.29. The van der Waals surface area contributed by atoms with E-state index in [9.17, 15) is 4.79 Å². The molecule has 3 heterocycles. The summed E-state index contributed by atoms with van der Waals surface area (Å²) in [7, 11) is 1.63. The number of para-hydroxylation sites is 2. The molecule has 0 N–H and O–H groups in total. The minimum Gasteiger partial charge on any atom is -0.495 e. The van der Waals surface area contributed by atoms with Crippen molar-refractivity contribution in [3.63, 3.8) is 0 Å². The minimum absolute atomic E-state index is 0.0472. The zero-order valence-electron chi connectivity index (χ0n) is 17.8. The highest BCUT2D eigenvalue weighted by atomic mass is 32.2. The van der Waals surface area contributed by atoms with Crippen LogP contribution in [0.3, 0.4) is 0 Å². The van der Waals surface area contributed by atoms with Gasteiger partial charge in [-0.3, -0.25) is 9.36 Å². The quantitative estimate of drug-likeness (QED) is 0.530. The number of nitrogens with zero attached hydrogens (tertiary/aromatic N) is 4. The van der Waals surface area contributed by atoms with E-state index < -0.39 is 0 Å². The van der Waals surface area contributed by atoms with Crippen LogP contribution >= 0.6 is 11.8 Å². The second kappa shape index (κ2) is 9.12. The molecule has 2 aromatic carbocycles. The third kappa shape index (κ3) is 4.00. The maximum atomic E-state index is 13.2. The number of hydrogen-bond donors (Lipinski definition) is 0. The highest BCUT2D eigenvalue weighted by molar-refractivity contribution is 7.99. The molecule has 1 amide bonds. The highest BCUT2D eigenvalue weighted by Crippen LogP contribution is 2.38. The predicted octanol–water partition coefficient (Wildman–Crippen LogP) is 3.50. The van der Waals surface area contributed by atoms with Gasteiger partial charge in [-0.25, -0.2) is 0 Å². The van der Waals surface area contributed by atoms with Gasteiger partial charge in [0, 0.05) is 6.54 Å². The molecule has 1 aromatic heterocycles. The third-order valence-corrected chi connectivity index (χ3v) is 6.64. The summed E-state index contributed by atoms with van der Waals surface area (Å²) in [5.74, 6) is 2.62. The topological polar surface area (TPSA) is 78.7 Å². The lowest BCUT2D eigenvalue weighted by Crippen LogP contribution is -2.32. The fourth-order valence-electron chi connectivity index (χ4n) is 4.21. The molecule has 32 heavy (non-hydrogen) atoms. The van der Waals surface area contributed by atoms with E-state index in [0.717, 1.165) is 47.9 Å². The zero-order chi connectivity index (χ0) is 21.9. The van der Waals surface area contributed by atoms with Gasteiger partial charge in [-0.1, -0.05) is 30.0 Å². The molecule has 3 aromatic rings. The van der Waals surface area contributed by atoms with Gasteiger partial charge in [0.15, 0.2) is 16.7 Å². The van der Waals surface area contributed by atoms with E-state index in [4.69, 9.17) is 14.2 Å². The molecule has 1 saturated heterocycles. The van der Waals surface area contributed by atoms with Crippen LogP contribution < -0.4 is 14.2 Å². The predicted molar refractivity (Wildman–Crippen MR) is 120 cm³/mol. The van der Waals surface area contributed by atoms with Gasteiger partial charge in [-0.05, 0) is 42.7 Å². The van der Waals surface area contributed by atoms with Crippen molar-refractivity contribution >= 4 is 17.7 Å². The summed E-state index contributed by atoms with van der Waals surface area (Å²) in [6.45, 7) is 1.86. The van der Waals surface area contributed by atoms with Gasteiger partial charge >= 0.3 is 0 Å². The SMILES string of the molecule is COc1ccccc1-n1cnnc1SCC(=O)N1CCCC1c1ccc2c(c1)OCCO2. The average molecular weight is 453 g/mol. The standard InChI is InChI=1S/C23H24N4O4S/c1-29-19-7-3-2-5-18(19)27-15-24-25-23(27)32-14-22(28)26-10-4-6-17(26)16-8-9-20-21(13-16)31-12-11-30-20/h2-3,5,7-9,13,15,17H,4,6,10-12,14H2,1H3. The Labute approximate surface area is 190 Å². The molecule has 1 fully saturated rings. The molecule has 1 unspecified atom stereocenters. The Hall–Kier alpha value is -3.20. The van der Waals surface area contributed by atoms with Gasteiger partial charge in [0.25, 0.3) is 0 Å². The smallest absolute Gasteiger partial charge is 0.233 e. The third-order valence-electron chi connectivity index (χ3n) is 5.71. The van der Waals surface area contributed by atoms with Crippen LogP contribution in [0.4, 0.5) is 0 Å².